The number of nitrogens with zero attached hydrogens (tertiary/aromatic N) is 3. The number of aryl methyl sites for hydroxylation is 1. The van der Waals surface area contributed by atoms with Gasteiger partial charge in [0.25, 0.3) is 0 Å². The van der Waals surface area contributed by atoms with Crippen LogP contribution in [0.4, 0.5) is 0 Å². The predicted molar refractivity (Wildman–Crippen MR) is 94.0 cm³/mol. The van der Waals surface area contributed by atoms with Gasteiger partial charge in [-0.15, -0.1) is 0 Å². The molecule has 2 aromatic rings. The third-order valence-electron chi connectivity index (χ3n) is 4.29. The van der Waals surface area contributed by atoms with Crippen LogP contribution in [0.3, 0.4) is 0 Å². The second kappa shape index (κ2) is 8.22. The quantitative estimate of drug-likeness (QED) is 0.827. The van der Waals surface area contributed by atoms with Gasteiger partial charge in [-0.3, -0.25) is 0 Å². The standard InChI is InChI=1S/C19H25N3O2/c1-15-14-18(21-19(20-15)16-6-3-2-4-7-16)24-13-5-10-22-11-8-17(23)9-12-22/h2-4,6-7,14,17,23H,5,8-13H2,1H3. The third kappa shape index (κ3) is 4.76. The molecule has 0 atom stereocenters. The lowest BCUT2D eigenvalue weighted by atomic mass is 10.1. The fraction of sp³-hybridized carbons (Fsp3) is 0.474. The van der Waals surface area contributed by atoms with Crippen LogP contribution in [0.25, 0.3) is 11.4 Å². The van der Waals surface area contributed by atoms with Crippen molar-refractivity contribution < 1.29 is 9.84 Å². The molecule has 0 spiro atoms. The molecule has 5 nitrogen and oxygen atoms in total. The van der Waals surface area contributed by atoms with Gasteiger partial charge in [-0.05, 0) is 26.2 Å². The zero-order valence-electron chi connectivity index (χ0n) is 14.2. The van der Waals surface area contributed by atoms with Gasteiger partial charge in [0.15, 0.2) is 5.82 Å². The number of ether oxygens (including phenoxy) is 1. The lowest BCUT2D eigenvalue weighted by Gasteiger charge is -2.29. The van der Waals surface area contributed by atoms with Crippen LogP contribution in [-0.2, 0) is 0 Å². The minimum absolute atomic E-state index is 0.113. The first-order valence-corrected chi connectivity index (χ1v) is 8.65. The number of aliphatic hydroxyl groups excluding tert-OH is 1. The Bertz CT molecular complexity index is 640. The summed E-state index contributed by atoms with van der Waals surface area (Å²) in [6.07, 6.45) is 2.61. The largest absolute Gasteiger partial charge is 0.478 e. The Morgan fingerprint density at radius 2 is 1.92 bits per heavy atom. The second-order valence-corrected chi connectivity index (χ2v) is 6.31. The summed E-state index contributed by atoms with van der Waals surface area (Å²) in [5, 5.41) is 9.53. The van der Waals surface area contributed by atoms with Crippen LogP contribution >= 0.6 is 0 Å². The smallest absolute Gasteiger partial charge is 0.217 e. The van der Waals surface area contributed by atoms with Gasteiger partial charge >= 0.3 is 0 Å². The molecule has 1 aromatic heterocycles. The van der Waals surface area contributed by atoms with E-state index in [0.29, 0.717) is 18.3 Å². The number of hydrogen-bond donors (Lipinski definition) is 1. The fourth-order valence-electron chi connectivity index (χ4n) is 2.94. The SMILES string of the molecule is Cc1cc(OCCCN2CCC(O)CC2)nc(-c2ccccc2)n1. The molecule has 0 unspecified atom stereocenters. The van der Waals surface area contributed by atoms with Crippen molar-refractivity contribution in [2.75, 3.05) is 26.2 Å². The van der Waals surface area contributed by atoms with Crippen LogP contribution in [0.15, 0.2) is 36.4 Å². The Balaban J connectivity index is 1.51. The van der Waals surface area contributed by atoms with Crippen molar-refractivity contribution in [1.82, 2.24) is 14.9 Å². The van der Waals surface area contributed by atoms with Crippen molar-refractivity contribution in [3.63, 3.8) is 0 Å². The van der Waals surface area contributed by atoms with Crippen molar-refractivity contribution in [3.05, 3.63) is 42.1 Å². The molecule has 0 saturated carbocycles. The Hall–Kier alpha value is -1.98. The maximum absolute atomic E-state index is 9.53. The Morgan fingerprint density at radius 3 is 2.67 bits per heavy atom. The van der Waals surface area contributed by atoms with E-state index < -0.39 is 0 Å². The van der Waals surface area contributed by atoms with Crippen molar-refractivity contribution >= 4 is 0 Å². The monoisotopic (exact) mass is 327 g/mol. The third-order valence-corrected chi connectivity index (χ3v) is 4.29. The molecule has 3 rings (SSSR count). The van der Waals surface area contributed by atoms with E-state index in [-0.39, 0.29) is 6.10 Å². The van der Waals surface area contributed by atoms with Crippen molar-refractivity contribution in [1.29, 1.82) is 0 Å². The van der Waals surface area contributed by atoms with E-state index in [4.69, 9.17) is 4.74 Å². The number of likely N-dealkylation sites (tertiary alicyclic amines) is 1. The lowest BCUT2D eigenvalue weighted by molar-refractivity contribution is 0.0799. The minimum Gasteiger partial charge on any atom is -0.478 e. The number of benzene rings is 1. The summed E-state index contributed by atoms with van der Waals surface area (Å²) in [7, 11) is 0. The van der Waals surface area contributed by atoms with E-state index in [2.05, 4.69) is 14.9 Å². The summed E-state index contributed by atoms with van der Waals surface area (Å²) in [6.45, 7) is 5.56. The molecule has 24 heavy (non-hydrogen) atoms. The number of aliphatic hydroxyl groups is 1. The van der Waals surface area contributed by atoms with E-state index in [0.717, 1.165) is 50.2 Å². The molecule has 1 fully saturated rings. The minimum atomic E-state index is -0.113. The highest BCUT2D eigenvalue weighted by molar-refractivity contribution is 5.55. The highest BCUT2D eigenvalue weighted by atomic mass is 16.5. The van der Waals surface area contributed by atoms with Crippen LogP contribution < -0.4 is 4.74 Å². The molecule has 1 N–H and O–H groups in total. The first-order chi connectivity index (χ1) is 11.7. The van der Waals surface area contributed by atoms with Gasteiger partial charge in [-0.1, -0.05) is 30.3 Å². The Labute approximate surface area is 143 Å². The number of aromatic nitrogens is 2. The molecule has 0 amide bonds. The van der Waals surface area contributed by atoms with Crippen LogP contribution in [0.5, 0.6) is 5.88 Å². The summed E-state index contributed by atoms with van der Waals surface area (Å²) in [5.41, 5.74) is 1.90. The molecule has 1 saturated heterocycles. The van der Waals surface area contributed by atoms with Crippen molar-refractivity contribution in [2.45, 2.75) is 32.3 Å². The van der Waals surface area contributed by atoms with Gasteiger partial charge in [0.1, 0.15) is 0 Å². The molecule has 0 radical (unpaired) electrons. The lowest BCUT2D eigenvalue weighted by Crippen LogP contribution is -2.36. The maximum atomic E-state index is 9.53. The Morgan fingerprint density at radius 1 is 1.17 bits per heavy atom. The normalized spacial score (nSPS) is 16.2. The molecule has 1 aromatic carbocycles. The fourth-order valence-corrected chi connectivity index (χ4v) is 2.94. The molecular weight excluding hydrogens is 302 g/mol. The van der Waals surface area contributed by atoms with Crippen LogP contribution in [-0.4, -0.2) is 52.3 Å². The highest BCUT2D eigenvalue weighted by Crippen LogP contribution is 2.19. The number of piperidine rings is 1. The predicted octanol–water partition coefficient (Wildman–Crippen LogP) is 2.68. The van der Waals surface area contributed by atoms with Gasteiger partial charge in [0.2, 0.25) is 5.88 Å². The average Bonchev–Trinajstić information content (AvgIpc) is 2.61. The van der Waals surface area contributed by atoms with E-state index in [1.54, 1.807) is 0 Å². The molecule has 2 heterocycles. The zero-order valence-corrected chi connectivity index (χ0v) is 14.2. The van der Waals surface area contributed by atoms with Crippen molar-refractivity contribution in [3.8, 4) is 17.3 Å². The maximum Gasteiger partial charge on any atom is 0.217 e. The van der Waals surface area contributed by atoms with E-state index >= 15 is 0 Å². The average molecular weight is 327 g/mol. The summed E-state index contributed by atoms with van der Waals surface area (Å²) in [6, 6.07) is 11.8. The molecule has 5 heteroatoms. The van der Waals surface area contributed by atoms with E-state index in [1.807, 2.05) is 43.3 Å². The first-order valence-electron chi connectivity index (χ1n) is 8.65. The highest BCUT2D eigenvalue weighted by Gasteiger charge is 2.16. The number of hydrogen-bond acceptors (Lipinski definition) is 5. The van der Waals surface area contributed by atoms with Gasteiger partial charge < -0.3 is 14.7 Å². The van der Waals surface area contributed by atoms with Gasteiger partial charge in [0.05, 0.1) is 12.7 Å². The van der Waals surface area contributed by atoms with E-state index in [9.17, 15) is 5.11 Å². The molecule has 128 valence electrons. The molecule has 0 aliphatic carbocycles. The summed E-state index contributed by atoms with van der Waals surface area (Å²) in [5.74, 6) is 1.34. The van der Waals surface area contributed by atoms with Gasteiger partial charge in [-0.2, -0.15) is 4.98 Å². The Kier molecular flexibility index (Phi) is 5.77. The topological polar surface area (TPSA) is 58.5 Å². The summed E-state index contributed by atoms with van der Waals surface area (Å²) >= 11 is 0. The summed E-state index contributed by atoms with van der Waals surface area (Å²) in [4.78, 5) is 11.4. The second-order valence-electron chi connectivity index (χ2n) is 6.31. The molecular formula is C19H25N3O2. The van der Waals surface area contributed by atoms with Crippen LogP contribution in [0, 0.1) is 6.92 Å². The zero-order chi connectivity index (χ0) is 16.8. The van der Waals surface area contributed by atoms with Crippen LogP contribution in [0.1, 0.15) is 25.0 Å². The first kappa shape index (κ1) is 16.9. The molecule has 1 aliphatic rings. The number of rotatable bonds is 6. The molecule has 0 bridgehead atoms. The van der Waals surface area contributed by atoms with Gasteiger partial charge in [-0.25, -0.2) is 4.98 Å². The van der Waals surface area contributed by atoms with Gasteiger partial charge in [0, 0.05) is 37.0 Å². The summed E-state index contributed by atoms with van der Waals surface area (Å²) < 4.78 is 5.83. The van der Waals surface area contributed by atoms with E-state index in [1.165, 1.54) is 0 Å². The van der Waals surface area contributed by atoms with Crippen molar-refractivity contribution in [2.24, 2.45) is 0 Å². The van der Waals surface area contributed by atoms with Crippen LogP contribution in [0.2, 0.25) is 0 Å². The molecule has 1 aliphatic heterocycles.